The fourth-order valence-electron chi connectivity index (χ4n) is 2.51. The van der Waals surface area contributed by atoms with Crippen molar-refractivity contribution in [1.29, 1.82) is 0 Å². The summed E-state index contributed by atoms with van der Waals surface area (Å²) in [4.78, 5) is 19.7. The van der Waals surface area contributed by atoms with Crippen molar-refractivity contribution < 1.29 is 4.74 Å². The highest BCUT2D eigenvalue weighted by Crippen LogP contribution is 2.30. The van der Waals surface area contributed by atoms with Crippen LogP contribution >= 0.6 is 23.4 Å². The number of anilines is 1. The molecule has 1 saturated heterocycles. The lowest BCUT2D eigenvalue weighted by atomic mass is 10.3. The number of unbranched alkanes of at least 4 members (excludes halogenated alkanes) is 2. The molecule has 23 heavy (non-hydrogen) atoms. The van der Waals surface area contributed by atoms with Crippen LogP contribution in [-0.4, -0.2) is 52.0 Å². The van der Waals surface area contributed by atoms with Crippen LogP contribution in [0.5, 0.6) is 0 Å². The molecule has 0 aliphatic carbocycles. The molecule has 3 rings (SSSR count). The lowest BCUT2D eigenvalue weighted by Gasteiger charge is -2.28. The zero-order valence-electron chi connectivity index (χ0n) is 13.2. The van der Waals surface area contributed by atoms with Crippen molar-refractivity contribution in [1.82, 2.24) is 19.9 Å². The fourth-order valence-corrected chi connectivity index (χ4v) is 3.61. The molecule has 0 atom stereocenters. The average molecular weight is 354 g/mol. The SMILES string of the molecule is CCCCCSc1ncnc2c(N3CCOCC3)nc(Cl)nc12. The summed E-state index contributed by atoms with van der Waals surface area (Å²) in [6.07, 6.45) is 5.19. The molecule has 0 spiro atoms. The minimum atomic E-state index is 0.240. The molecule has 1 aliphatic heterocycles. The molecule has 2 aromatic rings. The van der Waals surface area contributed by atoms with E-state index in [1.54, 1.807) is 18.1 Å². The summed E-state index contributed by atoms with van der Waals surface area (Å²) >= 11 is 7.86. The van der Waals surface area contributed by atoms with Crippen molar-refractivity contribution in [2.24, 2.45) is 0 Å². The maximum Gasteiger partial charge on any atom is 0.225 e. The van der Waals surface area contributed by atoms with Crippen molar-refractivity contribution in [2.45, 2.75) is 31.2 Å². The highest BCUT2D eigenvalue weighted by atomic mass is 35.5. The highest BCUT2D eigenvalue weighted by Gasteiger charge is 2.19. The maximum atomic E-state index is 6.15. The Balaban J connectivity index is 1.92. The van der Waals surface area contributed by atoms with Gasteiger partial charge in [0, 0.05) is 13.1 Å². The van der Waals surface area contributed by atoms with E-state index >= 15 is 0 Å². The van der Waals surface area contributed by atoms with Crippen LogP contribution in [0.4, 0.5) is 5.82 Å². The topological polar surface area (TPSA) is 64.0 Å². The quantitative estimate of drug-likeness (QED) is 0.342. The summed E-state index contributed by atoms with van der Waals surface area (Å²) < 4.78 is 5.41. The predicted molar refractivity (Wildman–Crippen MR) is 93.4 cm³/mol. The molecule has 0 unspecified atom stereocenters. The van der Waals surface area contributed by atoms with E-state index in [1.807, 2.05) is 0 Å². The van der Waals surface area contributed by atoms with Crippen LogP contribution in [0.15, 0.2) is 11.4 Å². The summed E-state index contributed by atoms with van der Waals surface area (Å²) in [5, 5.41) is 1.12. The molecule has 0 saturated carbocycles. The van der Waals surface area contributed by atoms with E-state index in [0.717, 1.165) is 40.7 Å². The van der Waals surface area contributed by atoms with Gasteiger partial charge in [0.1, 0.15) is 22.4 Å². The summed E-state index contributed by atoms with van der Waals surface area (Å²) in [7, 11) is 0. The Morgan fingerprint density at radius 3 is 2.78 bits per heavy atom. The van der Waals surface area contributed by atoms with Gasteiger partial charge in [0.2, 0.25) is 5.28 Å². The van der Waals surface area contributed by atoms with Crippen LogP contribution in [0, 0.1) is 0 Å². The molecule has 1 fully saturated rings. The molecule has 0 aromatic carbocycles. The number of thioether (sulfide) groups is 1. The van der Waals surface area contributed by atoms with Gasteiger partial charge in [-0.05, 0) is 23.8 Å². The van der Waals surface area contributed by atoms with Gasteiger partial charge in [-0.2, -0.15) is 4.98 Å². The first kappa shape index (κ1) is 16.7. The number of hydrogen-bond donors (Lipinski definition) is 0. The lowest BCUT2D eigenvalue weighted by molar-refractivity contribution is 0.122. The third kappa shape index (κ3) is 4.02. The van der Waals surface area contributed by atoms with E-state index in [0.29, 0.717) is 13.2 Å². The second-order valence-corrected chi connectivity index (χ2v) is 6.77. The number of rotatable bonds is 6. The number of fused-ring (bicyclic) bond motifs is 1. The number of aromatic nitrogens is 4. The normalized spacial score (nSPS) is 15.3. The molecule has 0 bridgehead atoms. The predicted octanol–water partition coefficient (Wildman–Crippen LogP) is 3.19. The van der Waals surface area contributed by atoms with Gasteiger partial charge in [-0.3, -0.25) is 0 Å². The highest BCUT2D eigenvalue weighted by molar-refractivity contribution is 7.99. The maximum absolute atomic E-state index is 6.15. The molecule has 3 heterocycles. The first-order chi connectivity index (χ1) is 11.3. The Bertz CT molecular complexity index is 666. The van der Waals surface area contributed by atoms with Crippen LogP contribution < -0.4 is 4.90 Å². The minimum Gasteiger partial charge on any atom is -0.378 e. The van der Waals surface area contributed by atoms with E-state index in [1.165, 1.54) is 19.3 Å². The van der Waals surface area contributed by atoms with E-state index < -0.39 is 0 Å². The lowest BCUT2D eigenvalue weighted by Crippen LogP contribution is -2.37. The van der Waals surface area contributed by atoms with E-state index in [2.05, 4.69) is 31.8 Å². The Hall–Kier alpha value is -1.18. The second kappa shape index (κ2) is 8.08. The smallest absolute Gasteiger partial charge is 0.225 e. The van der Waals surface area contributed by atoms with E-state index in [-0.39, 0.29) is 5.28 Å². The number of morpholine rings is 1. The van der Waals surface area contributed by atoms with E-state index in [4.69, 9.17) is 16.3 Å². The van der Waals surface area contributed by atoms with Crippen LogP contribution in [0.25, 0.3) is 11.0 Å². The molecule has 6 nitrogen and oxygen atoms in total. The molecule has 1 aliphatic rings. The minimum absolute atomic E-state index is 0.240. The summed E-state index contributed by atoms with van der Waals surface area (Å²) in [6, 6.07) is 0. The largest absolute Gasteiger partial charge is 0.378 e. The third-order valence-corrected chi connectivity index (χ3v) is 4.93. The van der Waals surface area contributed by atoms with Crippen LogP contribution in [0.3, 0.4) is 0 Å². The van der Waals surface area contributed by atoms with Crippen molar-refractivity contribution in [2.75, 3.05) is 37.0 Å². The monoisotopic (exact) mass is 353 g/mol. The van der Waals surface area contributed by atoms with Gasteiger partial charge in [-0.15, -0.1) is 11.8 Å². The van der Waals surface area contributed by atoms with Gasteiger partial charge in [0.05, 0.1) is 13.2 Å². The number of hydrogen-bond acceptors (Lipinski definition) is 7. The summed E-state index contributed by atoms with van der Waals surface area (Å²) in [5.41, 5.74) is 1.51. The Morgan fingerprint density at radius 2 is 2.00 bits per heavy atom. The van der Waals surface area contributed by atoms with E-state index in [9.17, 15) is 0 Å². The molecule has 0 radical (unpaired) electrons. The van der Waals surface area contributed by atoms with Crippen molar-refractivity contribution >= 4 is 40.2 Å². The van der Waals surface area contributed by atoms with Gasteiger partial charge < -0.3 is 9.64 Å². The van der Waals surface area contributed by atoms with Crippen LogP contribution in [0.2, 0.25) is 5.28 Å². The molecule has 124 valence electrons. The Labute approximate surface area is 145 Å². The first-order valence-corrected chi connectivity index (χ1v) is 9.29. The number of nitrogens with zero attached hydrogens (tertiary/aromatic N) is 5. The van der Waals surface area contributed by atoms with Crippen LogP contribution in [-0.2, 0) is 4.74 Å². The summed E-state index contributed by atoms with van der Waals surface area (Å²) in [6.45, 7) is 5.14. The van der Waals surface area contributed by atoms with Crippen molar-refractivity contribution in [3.63, 3.8) is 0 Å². The Morgan fingerprint density at radius 1 is 1.17 bits per heavy atom. The van der Waals surface area contributed by atoms with Gasteiger partial charge in [-0.25, -0.2) is 15.0 Å². The zero-order valence-corrected chi connectivity index (χ0v) is 14.7. The average Bonchev–Trinajstić information content (AvgIpc) is 2.59. The second-order valence-electron chi connectivity index (χ2n) is 5.35. The molecule has 8 heteroatoms. The fraction of sp³-hybridized carbons (Fsp3) is 0.600. The molecular formula is C15H20ClN5OS. The molecular weight excluding hydrogens is 334 g/mol. The van der Waals surface area contributed by atoms with Gasteiger partial charge >= 0.3 is 0 Å². The Kier molecular flexibility index (Phi) is 5.85. The molecule has 2 aromatic heterocycles. The van der Waals surface area contributed by atoms with Gasteiger partial charge in [0.25, 0.3) is 0 Å². The zero-order chi connectivity index (χ0) is 16.1. The van der Waals surface area contributed by atoms with Gasteiger partial charge in [0.15, 0.2) is 5.82 Å². The molecule has 0 N–H and O–H groups in total. The first-order valence-electron chi connectivity index (χ1n) is 7.93. The van der Waals surface area contributed by atoms with Gasteiger partial charge in [-0.1, -0.05) is 19.8 Å². The number of ether oxygens (including phenoxy) is 1. The van der Waals surface area contributed by atoms with Crippen molar-refractivity contribution in [3.8, 4) is 0 Å². The van der Waals surface area contributed by atoms with Crippen molar-refractivity contribution in [3.05, 3.63) is 11.6 Å². The molecule has 0 amide bonds. The third-order valence-electron chi connectivity index (χ3n) is 3.70. The summed E-state index contributed by atoms with van der Waals surface area (Å²) in [5.74, 6) is 1.80. The standard InChI is InChI=1S/C15H20ClN5OS/c1-2-3-4-9-23-14-12-11(17-10-18-14)13(20-15(16)19-12)21-5-7-22-8-6-21/h10H,2-9H2,1H3. The van der Waals surface area contributed by atoms with Crippen LogP contribution in [0.1, 0.15) is 26.2 Å². The number of halogens is 1.